The minimum atomic E-state index is -0.418. The van der Waals surface area contributed by atoms with E-state index in [4.69, 9.17) is 0 Å². The van der Waals surface area contributed by atoms with E-state index in [9.17, 15) is 10.1 Å². The maximum atomic E-state index is 10.7. The molecule has 0 aliphatic heterocycles. The van der Waals surface area contributed by atoms with E-state index in [2.05, 4.69) is 26.3 Å². The number of nitrogens with zero attached hydrogens (tertiary/aromatic N) is 3. The number of hydrogen-bond acceptors (Lipinski definition) is 4. The van der Waals surface area contributed by atoms with Crippen LogP contribution in [0.3, 0.4) is 0 Å². The van der Waals surface area contributed by atoms with Crippen molar-refractivity contribution in [2.24, 2.45) is 7.05 Å². The predicted molar refractivity (Wildman–Crippen MR) is 76.0 cm³/mol. The van der Waals surface area contributed by atoms with Gasteiger partial charge in [-0.1, -0.05) is 0 Å². The summed E-state index contributed by atoms with van der Waals surface area (Å²) in [7, 11) is 1.86. The first-order chi connectivity index (χ1) is 8.97. The Morgan fingerprint density at radius 1 is 1.53 bits per heavy atom. The summed E-state index contributed by atoms with van der Waals surface area (Å²) in [6.45, 7) is 2.00. The van der Waals surface area contributed by atoms with Crippen LogP contribution in [0, 0.1) is 10.1 Å². The maximum Gasteiger partial charge on any atom is 0.270 e. The molecule has 0 amide bonds. The highest BCUT2D eigenvalue weighted by Gasteiger charge is 2.12. The fraction of sp³-hybridized carbons (Fsp3) is 0.250. The van der Waals surface area contributed by atoms with Gasteiger partial charge >= 0.3 is 0 Å². The molecule has 0 saturated heterocycles. The minimum absolute atomic E-state index is 0.0615. The minimum Gasteiger partial charge on any atom is -0.377 e. The third-order valence-corrected chi connectivity index (χ3v) is 3.42. The summed E-state index contributed by atoms with van der Waals surface area (Å²) in [5.74, 6) is 0. The van der Waals surface area contributed by atoms with E-state index in [1.165, 1.54) is 12.1 Å². The lowest BCUT2D eigenvalue weighted by Gasteiger charge is -2.14. The van der Waals surface area contributed by atoms with Crippen molar-refractivity contribution in [2.75, 3.05) is 5.32 Å². The number of rotatable bonds is 4. The second-order valence-electron chi connectivity index (χ2n) is 4.23. The molecule has 0 aliphatic carbocycles. The topological polar surface area (TPSA) is 73.0 Å². The Bertz CT molecular complexity index is 612. The zero-order chi connectivity index (χ0) is 14.0. The third kappa shape index (κ3) is 3.11. The number of non-ortho nitro benzene ring substituents is 1. The molecular weight excluding hydrogens is 312 g/mol. The number of nitrogens with one attached hydrogen (secondary N) is 1. The smallest absolute Gasteiger partial charge is 0.270 e. The molecule has 1 unspecified atom stereocenters. The van der Waals surface area contributed by atoms with Crippen LogP contribution in [0.4, 0.5) is 11.4 Å². The summed E-state index contributed by atoms with van der Waals surface area (Å²) in [5.41, 5.74) is 1.92. The fourth-order valence-electron chi connectivity index (χ4n) is 1.71. The molecule has 1 N–H and O–H groups in total. The van der Waals surface area contributed by atoms with Crippen molar-refractivity contribution in [1.29, 1.82) is 0 Å². The number of aromatic nitrogens is 2. The zero-order valence-corrected chi connectivity index (χ0v) is 12.1. The highest BCUT2D eigenvalue weighted by molar-refractivity contribution is 9.10. The quantitative estimate of drug-likeness (QED) is 0.692. The van der Waals surface area contributed by atoms with Crippen molar-refractivity contribution >= 4 is 27.3 Å². The summed E-state index contributed by atoms with van der Waals surface area (Å²) in [4.78, 5) is 10.2. The van der Waals surface area contributed by atoms with Crippen LogP contribution in [0.5, 0.6) is 0 Å². The summed E-state index contributed by atoms with van der Waals surface area (Å²) in [5, 5.41) is 18.1. The second-order valence-corrected chi connectivity index (χ2v) is 5.09. The average molecular weight is 325 g/mol. The maximum absolute atomic E-state index is 10.7. The van der Waals surface area contributed by atoms with Gasteiger partial charge in [0.15, 0.2) is 0 Å². The van der Waals surface area contributed by atoms with Gasteiger partial charge in [-0.3, -0.25) is 14.8 Å². The van der Waals surface area contributed by atoms with Crippen molar-refractivity contribution in [1.82, 2.24) is 9.78 Å². The molecular formula is C12H13BrN4O2. The van der Waals surface area contributed by atoms with Crippen LogP contribution in [-0.4, -0.2) is 14.7 Å². The summed E-state index contributed by atoms with van der Waals surface area (Å²) < 4.78 is 2.40. The van der Waals surface area contributed by atoms with Gasteiger partial charge < -0.3 is 5.32 Å². The van der Waals surface area contributed by atoms with Gasteiger partial charge in [0.25, 0.3) is 5.69 Å². The number of hydrogen-bond donors (Lipinski definition) is 1. The molecule has 0 radical (unpaired) electrons. The van der Waals surface area contributed by atoms with Gasteiger partial charge in [-0.2, -0.15) is 5.10 Å². The molecule has 1 aromatic heterocycles. The summed E-state index contributed by atoms with van der Waals surface area (Å²) in [6, 6.07) is 4.71. The van der Waals surface area contributed by atoms with E-state index in [1.54, 1.807) is 16.9 Å². The first-order valence-electron chi connectivity index (χ1n) is 5.66. The second kappa shape index (κ2) is 5.40. The van der Waals surface area contributed by atoms with Gasteiger partial charge in [-0.15, -0.1) is 0 Å². The van der Waals surface area contributed by atoms with Gasteiger partial charge in [0.2, 0.25) is 0 Å². The van der Waals surface area contributed by atoms with Crippen LogP contribution in [0.15, 0.2) is 35.1 Å². The molecule has 0 saturated carbocycles. The van der Waals surface area contributed by atoms with E-state index < -0.39 is 4.92 Å². The normalized spacial score (nSPS) is 12.2. The Hall–Kier alpha value is -1.89. The number of aryl methyl sites for hydroxylation is 1. The molecule has 1 atom stereocenters. The molecule has 7 heteroatoms. The number of anilines is 1. The molecule has 0 aliphatic rings. The molecule has 0 bridgehead atoms. The predicted octanol–water partition coefficient (Wildman–Crippen LogP) is 3.26. The van der Waals surface area contributed by atoms with Crippen LogP contribution >= 0.6 is 15.9 Å². The van der Waals surface area contributed by atoms with E-state index in [0.717, 1.165) is 11.3 Å². The lowest BCUT2D eigenvalue weighted by molar-refractivity contribution is -0.384. The van der Waals surface area contributed by atoms with Crippen LogP contribution in [-0.2, 0) is 7.05 Å². The van der Waals surface area contributed by atoms with Crippen molar-refractivity contribution < 1.29 is 4.92 Å². The van der Waals surface area contributed by atoms with Crippen molar-refractivity contribution in [2.45, 2.75) is 13.0 Å². The van der Waals surface area contributed by atoms with Crippen LogP contribution in [0.25, 0.3) is 0 Å². The standard InChI is InChI=1S/C12H13BrN4O2/c1-8(9-6-14-16(2)7-9)15-12-4-3-10(17(18)19)5-11(12)13/h3-8,15H,1-2H3. The van der Waals surface area contributed by atoms with E-state index in [1.807, 2.05) is 20.2 Å². The molecule has 2 aromatic rings. The number of benzene rings is 1. The van der Waals surface area contributed by atoms with Gasteiger partial charge in [0, 0.05) is 41.1 Å². The Morgan fingerprint density at radius 2 is 2.26 bits per heavy atom. The molecule has 1 aromatic carbocycles. The molecule has 100 valence electrons. The van der Waals surface area contributed by atoms with E-state index in [-0.39, 0.29) is 11.7 Å². The highest BCUT2D eigenvalue weighted by atomic mass is 79.9. The Labute approximate surface area is 118 Å². The van der Waals surface area contributed by atoms with Gasteiger partial charge in [0.1, 0.15) is 0 Å². The van der Waals surface area contributed by atoms with Gasteiger partial charge in [0.05, 0.1) is 17.2 Å². The average Bonchev–Trinajstić information content (AvgIpc) is 2.78. The number of halogens is 1. The Kier molecular flexibility index (Phi) is 3.84. The fourth-order valence-corrected chi connectivity index (χ4v) is 2.20. The number of nitro benzene ring substituents is 1. The molecule has 0 fully saturated rings. The van der Waals surface area contributed by atoms with Gasteiger partial charge in [-0.05, 0) is 28.9 Å². The van der Waals surface area contributed by atoms with Crippen LogP contribution in [0.1, 0.15) is 18.5 Å². The summed E-state index contributed by atoms with van der Waals surface area (Å²) in [6.07, 6.45) is 3.72. The first-order valence-corrected chi connectivity index (χ1v) is 6.45. The molecule has 2 rings (SSSR count). The highest BCUT2D eigenvalue weighted by Crippen LogP contribution is 2.29. The van der Waals surface area contributed by atoms with Crippen LogP contribution < -0.4 is 5.32 Å². The Balaban J connectivity index is 2.17. The lowest BCUT2D eigenvalue weighted by atomic mass is 10.2. The lowest BCUT2D eigenvalue weighted by Crippen LogP contribution is -2.06. The largest absolute Gasteiger partial charge is 0.377 e. The molecule has 19 heavy (non-hydrogen) atoms. The van der Waals surface area contributed by atoms with Crippen LogP contribution in [0.2, 0.25) is 0 Å². The monoisotopic (exact) mass is 324 g/mol. The Morgan fingerprint density at radius 3 is 2.79 bits per heavy atom. The molecule has 0 spiro atoms. The SMILES string of the molecule is CC(Nc1ccc([N+](=O)[O-])cc1Br)c1cnn(C)c1. The summed E-state index contributed by atoms with van der Waals surface area (Å²) >= 11 is 3.33. The number of nitro groups is 1. The first kappa shape index (κ1) is 13.5. The molecule has 6 nitrogen and oxygen atoms in total. The zero-order valence-electron chi connectivity index (χ0n) is 10.5. The van der Waals surface area contributed by atoms with Crippen molar-refractivity contribution in [3.63, 3.8) is 0 Å². The van der Waals surface area contributed by atoms with Gasteiger partial charge in [-0.25, -0.2) is 0 Å². The van der Waals surface area contributed by atoms with E-state index in [0.29, 0.717) is 4.47 Å². The third-order valence-electron chi connectivity index (χ3n) is 2.76. The van der Waals surface area contributed by atoms with E-state index >= 15 is 0 Å². The van der Waals surface area contributed by atoms with Crippen molar-refractivity contribution in [3.8, 4) is 0 Å². The van der Waals surface area contributed by atoms with Crippen molar-refractivity contribution in [3.05, 3.63) is 50.7 Å². The molecule has 1 heterocycles.